The van der Waals surface area contributed by atoms with Crippen LogP contribution in [0.2, 0.25) is 0 Å². The van der Waals surface area contributed by atoms with Crippen molar-refractivity contribution in [3.63, 3.8) is 0 Å². The van der Waals surface area contributed by atoms with Crippen LogP contribution in [0.5, 0.6) is 0 Å². The summed E-state index contributed by atoms with van der Waals surface area (Å²) in [6.07, 6.45) is 2.33. The van der Waals surface area contributed by atoms with Crippen LogP contribution in [0.25, 0.3) is 21.3 Å². The summed E-state index contributed by atoms with van der Waals surface area (Å²) >= 11 is 1.66. The predicted molar refractivity (Wildman–Crippen MR) is 111 cm³/mol. The number of fused-ring (bicyclic) bond motifs is 1. The van der Waals surface area contributed by atoms with Crippen molar-refractivity contribution in [2.24, 2.45) is 0 Å². The Labute approximate surface area is 166 Å². The van der Waals surface area contributed by atoms with Crippen LogP contribution in [-0.2, 0) is 6.54 Å². The Morgan fingerprint density at radius 1 is 1.14 bits per heavy atom. The van der Waals surface area contributed by atoms with Crippen molar-refractivity contribution >= 4 is 33.3 Å². The van der Waals surface area contributed by atoms with Crippen LogP contribution in [0.15, 0.2) is 40.2 Å². The monoisotopic (exact) mass is 392 g/mol. The molecule has 1 aliphatic rings. The van der Waals surface area contributed by atoms with Gasteiger partial charge < -0.3 is 14.7 Å². The molecule has 0 atom stereocenters. The molecule has 1 N–H and O–H groups in total. The molecule has 0 bridgehead atoms. The van der Waals surface area contributed by atoms with E-state index in [0.717, 1.165) is 45.8 Å². The van der Waals surface area contributed by atoms with Gasteiger partial charge in [-0.3, -0.25) is 0 Å². The number of anilines is 2. The lowest BCUT2D eigenvalue weighted by Crippen LogP contribution is -2.10. The zero-order valence-corrected chi connectivity index (χ0v) is 16.5. The molecule has 1 aliphatic carbocycles. The van der Waals surface area contributed by atoms with Gasteiger partial charge in [-0.15, -0.1) is 11.3 Å². The Morgan fingerprint density at radius 3 is 2.68 bits per heavy atom. The number of nitrogens with one attached hydrogen (secondary N) is 1. The number of rotatable bonds is 6. The van der Waals surface area contributed by atoms with Gasteiger partial charge in [-0.05, 0) is 23.6 Å². The lowest BCUT2D eigenvalue weighted by Gasteiger charge is -2.09. The average molecular weight is 392 g/mol. The molecule has 3 aromatic heterocycles. The first-order chi connectivity index (χ1) is 13.7. The molecule has 7 nitrogen and oxygen atoms in total. The summed E-state index contributed by atoms with van der Waals surface area (Å²) in [5, 5.41) is 10.6. The van der Waals surface area contributed by atoms with E-state index in [2.05, 4.69) is 33.0 Å². The fraction of sp³-hybridized carbons (Fsp3) is 0.300. The number of hydrogen-bond donors (Lipinski definition) is 1. The van der Waals surface area contributed by atoms with Crippen molar-refractivity contribution < 1.29 is 4.52 Å². The third-order valence-electron chi connectivity index (χ3n) is 4.74. The summed E-state index contributed by atoms with van der Waals surface area (Å²) in [6, 6.07) is 10.3. The van der Waals surface area contributed by atoms with Gasteiger partial charge in [0.1, 0.15) is 16.5 Å². The number of nitrogens with zero attached hydrogens (tertiary/aromatic N) is 5. The van der Waals surface area contributed by atoms with Gasteiger partial charge in [-0.25, -0.2) is 9.97 Å². The Kier molecular flexibility index (Phi) is 4.20. The summed E-state index contributed by atoms with van der Waals surface area (Å²) in [5.74, 6) is 3.33. The maximum Gasteiger partial charge on any atom is 0.265 e. The van der Waals surface area contributed by atoms with Gasteiger partial charge in [-0.1, -0.05) is 30.3 Å². The molecule has 0 unspecified atom stereocenters. The van der Waals surface area contributed by atoms with E-state index >= 15 is 0 Å². The maximum absolute atomic E-state index is 5.34. The minimum absolute atomic E-state index is 0.418. The third-order valence-corrected chi connectivity index (χ3v) is 5.61. The fourth-order valence-electron chi connectivity index (χ4n) is 3.10. The van der Waals surface area contributed by atoms with Crippen LogP contribution < -0.4 is 10.2 Å². The van der Waals surface area contributed by atoms with E-state index in [0.29, 0.717) is 24.3 Å². The summed E-state index contributed by atoms with van der Waals surface area (Å²) in [4.78, 5) is 16.9. The van der Waals surface area contributed by atoms with Gasteiger partial charge in [0.2, 0.25) is 5.89 Å². The molecule has 0 aliphatic heterocycles. The molecular formula is C20H20N6OS. The minimum Gasteiger partial charge on any atom is -0.360 e. The van der Waals surface area contributed by atoms with Crippen molar-refractivity contribution in [3.8, 4) is 11.1 Å². The molecule has 5 rings (SSSR count). The van der Waals surface area contributed by atoms with Crippen molar-refractivity contribution in [3.05, 3.63) is 47.4 Å². The van der Waals surface area contributed by atoms with Crippen LogP contribution >= 0.6 is 11.3 Å². The van der Waals surface area contributed by atoms with Gasteiger partial charge in [0.25, 0.3) is 5.95 Å². The largest absolute Gasteiger partial charge is 0.360 e. The zero-order valence-electron chi connectivity index (χ0n) is 15.7. The number of thiophene rings is 1. The molecular weight excluding hydrogens is 372 g/mol. The van der Waals surface area contributed by atoms with Crippen LogP contribution in [0, 0.1) is 0 Å². The SMILES string of the molecule is CN(C)c1noc(CNc2nc(C3CC3)nc3scc(-c4ccccc4)c23)n1. The van der Waals surface area contributed by atoms with Gasteiger partial charge >= 0.3 is 0 Å². The second-order valence-electron chi connectivity index (χ2n) is 7.14. The molecule has 4 aromatic rings. The smallest absolute Gasteiger partial charge is 0.265 e. The van der Waals surface area contributed by atoms with E-state index in [-0.39, 0.29) is 0 Å². The van der Waals surface area contributed by atoms with E-state index in [1.54, 1.807) is 11.3 Å². The van der Waals surface area contributed by atoms with E-state index in [1.807, 2.05) is 37.2 Å². The van der Waals surface area contributed by atoms with Gasteiger partial charge in [-0.2, -0.15) is 4.98 Å². The quantitative estimate of drug-likeness (QED) is 0.524. The lowest BCUT2D eigenvalue weighted by atomic mass is 10.1. The molecule has 1 fully saturated rings. The first kappa shape index (κ1) is 17.1. The first-order valence-electron chi connectivity index (χ1n) is 9.27. The minimum atomic E-state index is 0.418. The summed E-state index contributed by atoms with van der Waals surface area (Å²) in [5.41, 5.74) is 2.30. The Morgan fingerprint density at radius 2 is 1.96 bits per heavy atom. The molecule has 1 saturated carbocycles. The van der Waals surface area contributed by atoms with Crippen molar-refractivity contribution in [2.75, 3.05) is 24.3 Å². The van der Waals surface area contributed by atoms with E-state index in [4.69, 9.17) is 14.5 Å². The lowest BCUT2D eigenvalue weighted by molar-refractivity contribution is 0.383. The second-order valence-corrected chi connectivity index (χ2v) is 7.99. The van der Waals surface area contributed by atoms with Crippen molar-refractivity contribution in [2.45, 2.75) is 25.3 Å². The number of aromatic nitrogens is 4. The summed E-state index contributed by atoms with van der Waals surface area (Å²) in [7, 11) is 3.77. The second kappa shape index (κ2) is 6.87. The first-order valence-corrected chi connectivity index (χ1v) is 10.2. The predicted octanol–water partition coefficient (Wildman–Crippen LogP) is 4.30. The fourth-order valence-corrected chi connectivity index (χ4v) is 4.05. The molecule has 0 saturated heterocycles. The van der Waals surface area contributed by atoms with Gasteiger partial charge in [0.05, 0.1) is 11.9 Å². The molecule has 28 heavy (non-hydrogen) atoms. The maximum atomic E-state index is 5.34. The van der Waals surface area contributed by atoms with Crippen LogP contribution in [0.3, 0.4) is 0 Å². The molecule has 0 radical (unpaired) electrons. The van der Waals surface area contributed by atoms with E-state index in [9.17, 15) is 0 Å². The Balaban J connectivity index is 1.53. The number of benzene rings is 1. The number of hydrogen-bond acceptors (Lipinski definition) is 8. The molecule has 8 heteroatoms. The standard InChI is InChI=1S/C20H20N6OS/c1-26(2)20-22-15(27-25-20)10-21-18-16-14(12-6-4-3-5-7-12)11-28-19(16)24-17(23-18)13-8-9-13/h3-7,11,13H,8-10H2,1-2H3,(H,21,23,24). The van der Waals surface area contributed by atoms with E-state index in [1.165, 1.54) is 0 Å². The molecule has 3 heterocycles. The molecule has 0 amide bonds. The average Bonchev–Trinajstić information content (AvgIpc) is 3.29. The highest BCUT2D eigenvalue weighted by atomic mass is 32.1. The highest BCUT2D eigenvalue weighted by Gasteiger charge is 2.28. The Hall–Kier alpha value is -3.00. The van der Waals surface area contributed by atoms with Crippen LogP contribution in [0.1, 0.15) is 30.5 Å². The Bertz CT molecular complexity index is 1120. The molecule has 142 valence electrons. The van der Waals surface area contributed by atoms with Crippen LogP contribution in [0.4, 0.5) is 11.8 Å². The zero-order chi connectivity index (χ0) is 19.1. The van der Waals surface area contributed by atoms with Gasteiger partial charge in [0, 0.05) is 31.0 Å². The third kappa shape index (κ3) is 3.20. The van der Waals surface area contributed by atoms with Crippen molar-refractivity contribution in [1.82, 2.24) is 20.1 Å². The van der Waals surface area contributed by atoms with Gasteiger partial charge in [0.15, 0.2) is 0 Å². The summed E-state index contributed by atoms with van der Waals surface area (Å²) < 4.78 is 5.34. The van der Waals surface area contributed by atoms with Crippen LogP contribution in [-0.4, -0.2) is 34.2 Å². The normalized spacial score (nSPS) is 13.8. The van der Waals surface area contributed by atoms with Crippen molar-refractivity contribution in [1.29, 1.82) is 0 Å². The highest BCUT2D eigenvalue weighted by Crippen LogP contribution is 2.42. The summed E-state index contributed by atoms with van der Waals surface area (Å²) in [6.45, 7) is 0.418. The molecule has 1 aromatic carbocycles. The molecule has 0 spiro atoms. The topological polar surface area (TPSA) is 80.0 Å². The highest BCUT2D eigenvalue weighted by molar-refractivity contribution is 7.17. The van der Waals surface area contributed by atoms with E-state index < -0.39 is 0 Å².